The molecule has 0 aliphatic carbocycles. The number of pyridine rings is 1. The molecule has 0 bridgehead atoms. The third-order valence-electron chi connectivity index (χ3n) is 10.9. The van der Waals surface area contributed by atoms with Gasteiger partial charge in [0, 0.05) is 44.3 Å². The molecule has 0 atom stereocenters. The van der Waals surface area contributed by atoms with Crippen LogP contribution in [-0.4, -0.2) is 14.1 Å². The van der Waals surface area contributed by atoms with Gasteiger partial charge in [-0.2, -0.15) is 18.2 Å². The number of para-hydroxylation sites is 3. The van der Waals surface area contributed by atoms with Gasteiger partial charge < -0.3 is 13.9 Å². The van der Waals surface area contributed by atoms with Gasteiger partial charge in [0.2, 0.25) is 0 Å². The Morgan fingerprint density at radius 3 is 2.02 bits per heavy atom. The molecule has 63 heavy (non-hydrogen) atoms. The fourth-order valence-corrected chi connectivity index (χ4v) is 8.16. The summed E-state index contributed by atoms with van der Waals surface area (Å²) in [6.07, 6.45) is 5.91. The molecule has 3 aromatic heterocycles. The quantitative estimate of drug-likeness (QED) is 0.112. The Morgan fingerprint density at radius 1 is 0.667 bits per heavy atom. The molecule has 0 spiro atoms. The molecule has 0 aliphatic rings. The standard InChI is InChI=1S/C57H48N4O.Pt/c1-56(2,3)37-41-22-15-29-51-54(41)60(55-46(39-18-9-7-10-19-39)26-17-27-47(55)40-20-11-8-12-21-40)38-59(51)43-23-16-24-44(35-43)62-45-30-31-49-48-25-13-14-28-50(48)61(52(49)36-45)53-34-42(32-33-58-53)57(4,5)6;/h7-34H,37H2,1-6H3;/q-2;/i7D,8D,9D,10D,11D,12D,18D,19D,20D,21D;. The molecular weight excluding hydrogens is 952 g/mol. The Bertz CT molecular complexity index is 3730. The first-order valence-electron chi connectivity index (χ1n) is 25.5. The van der Waals surface area contributed by atoms with Crippen LogP contribution in [-0.2, 0) is 32.9 Å². The molecule has 0 radical (unpaired) electrons. The monoisotopic (exact) mass is 1010 g/mol. The zero-order valence-corrected chi connectivity index (χ0v) is 37.9. The molecule has 0 N–H and O–H groups in total. The van der Waals surface area contributed by atoms with Gasteiger partial charge >= 0.3 is 0 Å². The maximum absolute atomic E-state index is 9.14. The summed E-state index contributed by atoms with van der Waals surface area (Å²) in [5.74, 6) is 1.56. The Morgan fingerprint density at radius 2 is 1.32 bits per heavy atom. The van der Waals surface area contributed by atoms with Crippen LogP contribution in [0.2, 0.25) is 0 Å². The van der Waals surface area contributed by atoms with Gasteiger partial charge in [-0.05, 0) is 79.9 Å². The van der Waals surface area contributed by atoms with Crippen LogP contribution in [0.3, 0.4) is 0 Å². The van der Waals surface area contributed by atoms with Crippen LogP contribution in [0.25, 0.3) is 72.3 Å². The molecule has 314 valence electrons. The summed E-state index contributed by atoms with van der Waals surface area (Å²) in [5, 5.41) is 2.03. The predicted octanol–water partition coefficient (Wildman–Crippen LogP) is 13.8. The number of aromatic nitrogens is 4. The number of ether oxygens (including phenoxy) is 1. The van der Waals surface area contributed by atoms with Crippen molar-refractivity contribution in [2.75, 3.05) is 0 Å². The first-order chi connectivity index (χ1) is 34.1. The van der Waals surface area contributed by atoms with Crippen molar-refractivity contribution < 1.29 is 44.1 Å². The van der Waals surface area contributed by atoms with E-state index in [1.807, 2.05) is 66.9 Å². The van der Waals surface area contributed by atoms with Gasteiger partial charge in [-0.1, -0.05) is 162 Å². The van der Waals surface area contributed by atoms with Crippen molar-refractivity contribution in [1.82, 2.24) is 14.1 Å². The van der Waals surface area contributed by atoms with Crippen molar-refractivity contribution in [1.29, 1.82) is 0 Å². The summed E-state index contributed by atoms with van der Waals surface area (Å²) in [6.45, 7) is 12.8. The molecule has 0 fully saturated rings. The molecule has 0 saturated carbocycles. The predicted molar refractivity (Wildman–Crippen MR) is 253 cm³/mol. The van der Waals surface area contributed by atoms with Crippen molar-refractivity contribution in [3.05, 3.63) is 199 Å². The number of rotatable bonds is 8. The van der Waals surface area contributed by atoms with Crippen LogP contribution >= 0.6 is 0 Å². The molecule has 3 heterocycles. The minimum Gasteiger partial charge on any atom is -0.510 e. The zero-order chi connectivity index (χ0) is 51.3. The van der Waals surface area contributed by atoms with Crippen LogP contribution in [0.15, 0.2) is 170 Å². The van der Waals surface area contributed by atoms with Crippen LogP contribution < -0.4 is 9.30 Å². The molecule has 7 aromatic carbocycles. The van der Waals surface area contributed by atoms with Gasteiger partial charge in [-0.3, -0.25) is 4.57 Å². The van der Waals surface area contributed by atoms with Crippen LogP contribution in [0.4, 0.5) is 0 Å². The zero-order valence-electron chi connectivity index (χ0n) is 45.6. The molecule has 0 saturated heterocycles. The second kappa shape index (κ2) is 16.6. The Hall–Kier alpha value is -6.55. The minimum absolute atomic E-state index is 0. The van der Waals surface area contributed by atoms with Gasteiger partial charge in [0.1, 0.15) is 5.82 Å². The first-order valence-corrected chi connectivity index (χ1v) is 20.5. The van der Waals surface area contributed by atoms with E-state index in [2.05, 4.69) is 82.8 Å². The molecule has 6 heteroatoms. The van der Waals surface area contributed by atoms with E-state index >= 15 is 0 Å². The third kappa shape index (κ3) is 8.03. The van der Waals surface area contributed by atoms with Crippen LogP contribution in [0.1, 0.15) is 66.4 Å². The van der Waals surface area contributed by atoms with Crippen molar-refractivity contribution >= 4 is 32.8 Å². The minimum atomic E-state index is -0.569. The molecule has 10 rings (SSSR count). The molecule has 10 aromatic rings. The summed E-state index contributed by atoms with van der Waals surface area (Å²) in [5.41, 5.74) is 5.44. The van der Waals surface area contributed by atoms with Gasteiger partial charge in [-0.25, -0.2) is 4.98 Å². The normalized spacial score (nSPS) is 14.1. The van der Waals surface area contributed by atoms with Gasteiger partial charge in [0.25, 0.3) is 6.33 Å². The van der Waals surface area contributed by atoms with E-state index in [9.17, 15) is 0 Å². The summed E-state index contributed by atoms with van der Waals surface area (Å²) in [4.78, 5) is 4.82. The van der Waals surface area contributed by atoms with Gasteiger partial charge in [0.05, 0.1) is 30.4 Å². The van der Waals surface area contributed by atoms with E-state index in [1.54, 1.807) is 33.4 Å². The summed E-state index contributed by atoms with van der Waals surface area (Å²) in [7, 11) is 0. The number of hydrogen-bond donors (Lipinski definition) is 0. The van der Waals surface area contributed by atoms with Crippen molar-refractivity contribution in [3.8, 4) is 50.9 Å². The first kappa shape index (κ1) is 31.3. The van der Waals surface area contributed by atoms with Crippen molar-refractivity contribution in [2.24, 2.45) is 5.41 Å². The average Bonchev–Trinajstić information content (AvgIpc) is 3.90. The number of hydrogen-bond acceptors (Lipinski definition) is 2. The fraction of sp³-hybridized carbons (Fsp3) is 0.158. The maximum Gasteiger partial charge on any atom is 0.268 e. The summed E-state index contributed by atoms with van der Waals surface area (Å²) in [6, 6.07) is 34.1. The van der Waals surface area contributed by atoms with E-state index in [0.717, 1.165) is 38.8 Å². The van der Waals surface area contributed by atoms with Gasteiger partial charge in [-0.15, -0.1) is 29.7 Å². The van der Waals surface area contributed by atoms with E-state index in [1.165, 1.54) is 0 Å². The molecule has 0 unspecified atom stereocenters. The average molecular weight is 1010 g/mol. The fourth-order valence-electron chi connectivity index (χ4n) is 8.16. The van der Waals surface area contributed by atoms with E-state index < -0.39 is 60.4 Å². The summed E-state index contributed by atoms with van der Waals surface area (Å²) < 4.78 is 100. The number of benzene rings is 7. The molecule has 5 nitrogen and oxygen atoms in total. The second-order valence-corrected chi connectivity index (χ2v) is 17.6. The topological polar surface area (TPSA) is 35.9 Å². The van der Waals surface area contributed by atoms with Crippen molar-refractivity contribution in [3.63, 3.8) is 0 Å². The Balaban J connectivity index is 0.00000656. The number of fused-ring (bicyclic) bond motifs is 4. The number of imidazole rings is 1. The Labute approximate surface area is 398 Å². The summed E-state index contributed by atoms with van der Waals surface area (Å²) >= 11 is 0. The smallest absolute Gasteiger partial charge is 0.268 e. The van der Waals surface area contributed by atoms with E-state index in [0.29, 0.717) is 34.6 Å². The number of nitrogens with zero attached hydrogens (tertiary/aromatic N) is 4. The third-order valence-corrected chi connectivity index (χ3v) is 10.9. The van der Waals surface area contributed by atoms with Crippen molar-refractivity contribution in [2.45, 2.75) is 53.4 Å². The largest absolute Gasteiger partial charge is 0.510 e. The van der Waals surface area contributed by atoms with Gasteiger partial charge in [0.15, 0.2) is 0 Å². The Kier molecular flexibility index (Phi) is 8.26. The van der Waals surface area contributed by atoms with Crippen LogP contribution in [0, 0.1) is 23.9 Å². The maximum atomic E-state index is 9.14. The molecule has 0 amide bonds. The van der Waals surface area contributed by atoms with E-state index in [-0.39, 0.29) is 59.8 Å². The SMILES string of the molecule is [2H]c1c([2H])c([2H])c(-c2cccc(-c3c([2H])c([2H])c([2H])c([2H])c3[2H])c2-[n+]2[c-]n(-c3[c-]c(Oc4[c-]c5c(cc4)c4ccccc4n5-c4cc(C(C)(C)C)ccn4)ccc3)c3cccc(CC(C)(C)C)c32)c([2H])c1[2H].[Pt]. The molecular formula is C57H48N4OPt-2. The molecule has 0 aliphatic heterocycles. The van der Waals surface area contributed by atoms with Crippen LogP contribution in [0.5, 0.6) is 11.5 Å². The second-order valence-electron chi connectivity index (χ2n) is 17.6. The van der Waals surface area contributed by atoms with E-state index in [4.69, 9.17) is 23.4 Å².